The Kier molecular flexibility index (Phi) is 9.23. The summed E-state index contributed by atoms with van der Waals surface area (Å²) in [5, 5.41) is 23.8. The van der Waals surface area contributed by atoms with E-state index in [1.165, 1.54) is 38.1 Å². The first-order valence-electron chi connectivity index (χ1n) is 18.2. The molecule has 3 aliphatic heterocycles. The number of amides is 2. The van der Waals surface area contributed by atoms with Gasteiger partial charge in [0.25, 0.3) is 11.8 Å². The highest BCUT2D eigenvalue weighted by Gasteiger charge is 2.35. The summed E-state index contributed by atoms with van der Waals surface area (Å²) in [7, 11) is 2.94. The van der Waals surface area contributed by atoms with Gasteiger partial charge in [0, 0.05) is 20.9 Å². The lowest BCUT2D eigenvalue weighted by Gasteiger charge is -2.26. The van der Waals surface area contributed by atoms with E-state index in [0.717, 1.165) is 32.3 Å². The number of carbonyl (C=O) groups excluding carboxylic acids is 2. The molecule has 0 fully saturated rings. The fraction of sp³-hybridized carbons (Fsp3) is 0.0435. The van der Waals surface area contributed by atoms with Crippen molar-refractivity contribution in [3.63, 3.8) is 0 Å². The molecule has 0 saturated heterocycles. The van der Waals surface area contributed by atoms with Crippen molar-refractivity contribution in [3.8, 4) is 23.0 Å². The molecule has 58 heavy (non-hydrogen) atoms. The minimum atomic E-state index is -0.308. The monoisotopic (exact) mass is 783 g/mol. The summed E-state index contributed by atoms with van der Waals surface area (Å²) in [6.07, 6.45) is 3.35. The molecule has 0 bridgehead atoms. The number of benzene rings is 6. The molecule has 2 amide bonds. The van der Waals surface area contributed by atoms with E-state index in [2.05, 4.69) is 5.32 Å². The smallest absolute Gasteiger partial charge is 0.282 e. The van der Waals surface area contributed by atoms with E-state index in [-0.39, 0.29) is 46.2 Å². The Balaban J connectivity index is 1.05. The Morgan fingerprint density at radius 1 is 0.569 bits per heavy atom. The fourth-order valence-electron chi connectivity index (χ4n) is 6.90. The number of phenols is 2. The summed E-state index contributed by atoms with van der Waals surface area (Å²) in [6.45, 7) is 0. The molecule has 0 unspecified atom stereocenters. The molecule has 3 heterocycles. The van der Waals surface area contributed by atoms with Crippen molar-refractivity contribution in [2.75, 3.05) is 29.3 Å². The zero-order valence-corrected chi connectivity index (χ0v) is 31.9. The summed E-state index contributed by atoms with van der Waals surface area (Å²) < 4.78 is 10.6. The predicted octanol–water partition coefficient (Wildman–Crippen LogP) is 8.99. The van der Waals surface area contributed by atoms with Crippen LogP contribution in [0.2, 0.25) is 0 Å². The number of aromatic hydroxyl groups is 2. The van der Waals surface area contributed by atoms with Crippen LogP contribution in [0.3, 0.4) is 0 Å². The number of anilines is 4. The fourth-order valence-corrected chi connectivity index (χ4v) is 7.95. The molecule has 6 aromatic carbocycles. The summed E-state index contributed by atoms with van der Waals surface area (Å²) >= 11 is 1.52. The highest BCUT2D eigenvalue weighted by atomic mass is 32.2. The third-order valence-electron chi connectivity index (χ3n) is 9.74. The van der Waals surface area contributed by atoms with Crippen molar-refractivity contribution in [2.45, 2.75) is 9.79 Å². The van der Waals surface area contributed by atoms with Crippen LogP contribution in [0.1, 0.15) is 22.3 Å². The summed E-state index contributed by atoms with van der Waals surface area (Å²) in [4.78, 5) is 43.0. The molecule has 12 heteroatoms. The number of rotatable bonds is 8. The molecule has 284 valence electrons. The lowest BCUT2D eigenvalue weighted by molar-refractivity contribution is -0.114. The van der Waals surface area contributed by atoms with Gasteiger partial charge in [-0.15, -0.1) is 0 Å². The molecule has 0 spiro atoms. The first-order chi connectivity index (χ1) is 28.3. The number of amidine groups is 2. The molecule has 3 N–H and O–H groups in total. The number of carbonyl (C=O) groups is 2. The second-order valence-electron chi connectivity index (χ2n) is 13.4. The molecule has 0 radical (unpaired) electrons. The molecule has 11 nitrogen and oxygen atoms in total. The maximum atomic E-state index is 14.2. The minimum absolute atomic E-state index is 0.00302. The van der Waals surface area contributed by atoms with Crippen molar-refractivity contribution >= 4 is 70.1 Å². The van der Waals surface area contributed by atoms with E-state index in [9.17, 15) is 19.8 Å². The molecule has 9 rings (SSSR count). The zero-order valence-electron chi connectivity index (χ0n) is 31.1. The number of fused-ring (bicyclic) bond motifs is 2. The number of ether oxygens (including phenoxy) is 2. The van der Waals surface area contributed by atoms with Gasteiger partial charge in [-0.3, -0.25) is 19.4 Å². The van der Waals surface area contributed by atoms with E-state index < -0.39 is 0 Å². The summed E-state index contributed by atoms with van der Waals surface area (Å²) in [5.74, 6) is 0.915. The Morgan fingerprint density at radius 2 is 1.00 bits per heavy atom. The zero-order chi connectivity index (χ0) is 39.9. The standard InChI is InChI=1S/C46H33N5O6S/c1-56-39-23-27(13-19-37(39)52)21-35-45(54)50(43(48-35)29-9-5-3-6-10-29)31-15-17-33-41(25-31)58-42-26-32(16-18-34(42)47-33)51-44(30-11-7-4-8-12-30)49-36(46(51)55)22-28-14-20-38(53)40(24-28)57-2/h3-26,47,52-53H,1-2H3/b35-21-,36-22-. The van der Waals surface area contributed by atoms with Gasteiger partial charge in [-0.2, -0.15) is 0 Å². The third kappa shape index (κ3) is 6.61. The average molecular weight is 784 g/mol. The quantitative estimate of drug-likeness (QED) is 0.130. The number of hydrogen-bond donors (Lipinski definition) is 3. The van der Waals surface area contributed by atoms with Crippen LogP contribution in [0.5, 0.6) is 23.0 Å². The second kappa shape index (κ2) is 14.8. The Hall–Kier alpha value is -7.57. The number of phenolic OH excluding ortho intramolecular Hbond substituents is 2. The maximum absolute atomic E-state index is 14.2. The van der Waals surface area contributed by atoms with Gasteiger partial charge in [-0.1, -0.05) is 84.6 Å². The summed E-state index contributed by atoms with van der Waals surface area (Å²) in [6, 6.07) is 40.3. The Morgan fingerprint density at radius 3 is 1.41 bits per heavy atom. The molecule has 0 atom stereocenters. The van der Waals surface area contributed by atoms with Crippen LogP contribution in [-0.4, -0.2) is 47.9 Å². The largest absolute Gasteiger partial charge is 0.504 e. The topological polar surface area (TPSA) is 136 Å². The number of methoxy groups -OCH3 is 2. The third-order valence-corrected chi connectivity index (χ3v) is 10.9. The van der Waals surface area contributed by atoms with Gasteiger partial charge in [-0.05, 0) is 83.9 Å². The molecular formula is C46H33N5O6S. The van der Waals surface area contributed by atoms with Gasteiger partial charge in [0.1, 0.15) is 23.1 Å². The van der Waals surface area contributed by atoms with Crippen LogP contribution in [0, 0.1) is 0 Å². The van der Waals surface area contributed by atoms with Crippen LogP contribution in [0.25, 0.3) is 12.2 Å². The van der Waals surface area contributed by atoms with Crippen molar-refractivity contribution in [2.24, 2.45) is 9.98 Å². The van der Waals surface area contributed by atoms with Crippen molar-refractivity contribution < 1.29 is 29.3 Å². The lowest BCUT2D eigenvalue weighted by atomic mass is 10.1. The minimum Gasteiger partial charge on any atom is -0.504 e. The normalized spacial score (nSPS) is 15.9. The average Bonchev–Trinajstić information content (AvgIpc) is 3.76. The van der Waals surface area contributed by atoms with Crippen molar-refractivity contribution in [1.29, 1.82) is 0 Å². The van der Waals surface area contributed by atoms with Gasteiger partial charge in [0.2, 0.25) is 0 Å². The first-order valence-corrected chi connectivity index (χ1v) is 19.0. The van der Waals surface area contributed by atoms with Crippen molar-refractivity contribution in [1.82, 2.24) is 0 Å². The van der Waals surface area contributed by atoms with E-state index in [1.807, 2.05) is 97.1 Å². The molecular weight excluding hydrogens is 751 g/mol. The van der Waals surface area contributed by atoms with Gasteiger partial charge in [-0.25, -0.2) is 9.98 Å². The highest BCUT2D eigenvalue weighted by molar-refractivity contribution is 7.99. The lowest BCUT2D eigenvalue weighted by Crippen LogP contribution is -2.32. The highest BCUT2D eigenvalue weighted by Crippen LogP contribution is 2.48. The molecule has 0 aromatic heterocycles. The maximum Gasteiger partial charge on any atom is 0.282 e. The molecule has 3 aliphatic rings. The van der Waals surface area contributed by atoms with Gasteiger partial charge in [0.05, 0.1) is 37.0 Å². The SMILES string of the molecule is COc1cc(/C=C2\N=C(c3ccccc3)N(c3ccc4c(c3)Sc3cc(N5C(=O)/C(=C/c6ccc(O)c(OC)c6)N=C5c5ccccc5)ccc3N4)C2=O)ccc1O. The molecule has 0 aliphatic carbocycles. The van der Waals surface area contributed by atoms with E-state index in [1.54, 1.807) is 46.2 Å². The van der Waals surface area contributed by atoms with Gasteiger partial charge >= 0.3 is 0 Å². The number of nitrogens with zero attached hydrogens (tertiary/aromatic N) is 4. The number of hydrogen-bond acceptors (Lipinski definition) is 10. The van der Waals surface area contributed by atoms with Crippen molar-refractivity contribution in [3.05, 3.63) is 167 Å². The Labute approximate surface area is 337 Å². The number of aliphatic imine (C=N–C) groups is 2. The van der Waals surface area contributed by atoms with E-state index in [0.29, 0.717) is 34.2 Å². The molecule has 6 aromatic rings. The van der Waals surface area contributed by atoms with E-state index >= 15 is 0 Å². The first kappa shape index (κ1) is 36.1. The predicted molar refractivity (Wildman–Crippen MR) is 226 cm³/mol. The number of nitrogens with one attached hydrogen (secondary N) is 1. The van der Waals surface area contributed by atoms with Crippen LogP contribution < -0.4 is 24.6 Å². The van der Waals surface area contributed by atoms with Crippen LogP contribution >= 0.6 is 11.8 Å². The molecule has 0 saturated carbocycles. The van der Waals surface area contributed by atoms with Crippen LogP contribution in [0.4, 0.5) is 22.7 Å². The van der Waals surface area contributed by atoms with Crippen LogP contribution in [-0.2, 0) is 9.59 Å². The Bertz CT molecular complexity index is 2590. The van der Waals surface area contributed by atoms with E-state index in [4.69, 9.17) is 19.5 Å². The second-order valence-corrected chi connectivity index (χ2v) is 14.5. The summed E-state index contributed by atoms with van der Waals surface area (Å²) in [5.41, 5.74) is 6.27. The van der Waals surface area contributed by atoms with Gasteiger partial charge < -0.3 is 25.0 Å². The van der Waals surface area contributed by atoms with Gasteiger partial charge in [0.15, 0.2) is 23.0 Å². The van der Waals surface area contributed by atoms with Crippen LogP contribution in [0.15, 0.2) is 165 Å².